The van der Waals surface area contributed by atoms with Crippen LogP contribution in [0.3, 0.4) is 0 Å². The topological polar surface area (TPSA) is 40.6 Å². The van der Waals surface area contributed by atoms with E-state index in [0.717, 1.165) is 28.2 Å². The number of fused-ring (bicyclic) bond motifs is 2. The third-order valence-electron chi connectivity index (χ3n) is 7.27. The van der Waals surface area contributed by atoms with Crippen molar-refractivity contribution in [3.8, 4) is 6.07 Å². The molecule has 0 saturated heterocycles. The van der Waals surface area contributed by atoms with Crippen molar-refractivity contribution < 1.29 is 4.74 Å². The van der Waals surface area contributed by atoms with Crippen LogP contribution in [0.5, 0.6) is 0 Å². The molecule has 4 nitrogen and oxygen atoms in total. The summed E-state index contributed by atoms with van der Waals surface area (Å²) in [5, 5.41) is 14.1. The number of ether oxygens (including phenoxy) is 1. The summed E-state index contributed by atoms with van der Waals surface area (Å²) < 4.78 is 5.95. The first-order valence-corrected chi connectivity index (χ1v) is 13.6. The van der Waals surface area contributed by atoms with Crippen LogP contribution >= 0.6 is 0 Å². The molecule has 0 aliphatic carbocycles. The second-order valence-electron chi connectivity index (χ2n) is 10.1. The molecule has 1 aliphatic rings. The molecule has 0 saturated carbocycles. The van der Waals surface area contributed by atoms with Gasteiger partial charge in [0.05, 0.1) is 24.4 Å². The number of nitrogens with zero attached hydrogens (tertiary/aromatic N) is 3. The Morgan fingerprint density at radius 2 is 1.56 bits per heavy atom. The molecular formula is C37H27N3O. The Morgan fingerprint density at radius 3 is 2.34 bits per heavy atom. The van der Waals surface area contributed by atoms with E-state index in [9.17, 15) is 5.26 Å². The van der Waals surface area contributed by atoms with Gasteiger partial charge in [0.15, 0.2) is 0 Å². The van der Waals surface area contributed by atoms with E-state index >= 15 is 0 Å². The Hall–Kier alpha value is -5.58. The lowest BCUT2D eigenvalue weighted by Gasteiger charge is -2.27. The van der Waals surface area contributed by atoms with Gasteiger partial charge in [0.25, 0.3) is 5.70 Å². The molecule has 0 spiro atoms. The fourth-order valence-corrected chi connectivity index (χ4v) is 5.33. The highest BCUT2D eigenvalue weighted by Gasteiger charge is 2.18. The van der Waals surface area contributed by atoms with Gasteiger partial charge in [0.1, 0.15) is 5.76 Å². The molecule has 41 heavy (non-hydrogen) atoms. The molecule has 1 atom stereocenters. The van der Waals surface area contributed by atoms with Crippen molar-refractivity contribution in [3.05, 3.63) is 155 Å². The van der Waals surface area contributed by atoms with Gasteiger partial charge >= 0.3 is 0 Å². The molecule has 0 aromatic heterocycles. The molecular weight excluding hydrogens is 502 g/mol. The van der Waals surface area contributed by atoms with E-state index in [4.69, 9.17) is 11.3 Å². The summed E-state index contributed by atoms with van der Waals surface area (Å²) in [6, 6.07) is 40.3. The maximum atomic E-state index is 9.29. The van der Waals surface area contributed by atoms with Gasteiger partial charge in [-0.15, -0.1) is 0 Å². The van der Waals surface area contributed by atoms with Gasteiger partial charge < -0.3 is 9.64 Å². The zero-order valence-electron chi connectivity index (χ0n) is 22.7. The Kier molecular flexibility index (Phi) is 7.06. The van der Waals surface area contributed by atoms with Crippen LogP contribution in [0.15, 0.2) is 138 Å². The number of hydrogen-bond acceptors (Lipinski definition) is 3. The van der Waals surface area contributed by atoms with Gasteiger partial charge in [-0.25, -0.2) is 10.1 Å². The van der Waals surface area contributed by atoms with Gasteiger partial charge in [-0.3, -0.25) is 0 Å². The van der Waals surface area contributed by atoms with E-state index in [0.29, 0.717) is 12.2 Å². The number of anilines is 3. The number of rotatable bonds is 5. The first-order chi connectivity index (χ1) is 20.1. The summed E-state index contributed by atoms with van der Waals surface area (Å²) >= 11 is 0. The van der Waals surface area contributed by atoms with Crippen molar-refractivity contribution in [1.29, 1.82) is 5.26 Å². The molecule has 1 aliphatic heterocycles. The lowest BCUT2D eigenvalue weighted by molar-refractivity contribution is 0.133. The van der Waals surface area contributed by atoms with E-state index in [2.05, 4.69) is 119 Å². The molecule has 5 aromatic rings. The van der Waals surface area contributed by atoms with Gasteiger partial charge in [-0.1, -0.05) is 84.9 Å². The van der Waals surface area contributed by atoms with E-state index < -0.39 is 0 Å². The first kappa shape index (κ1) is 25.7. The predicted octanol–water partition coefficient (Wildman–Crippen LogP) is 9.87. The highest BCUT2D eigenvalue weighted by atomic mass is 16.5. The minimum Gasteiger partial charge on any atom is -0.490 e. The monoisotopic (exact) mass is 529 g/mol. The number of benzene rings is 5. The highest BCUT2D eigenvalue weighted by Crippen LogP contribution is 2.40. The van der Waals surface area contributed by atoms with Crippen molar-refractivity contribution in [2.24, 2.45) is 0 Å². The molecule has 5 aromatic carbocycles. The van der Waals surface area contributed by atoms with Crippen LogP contribution < -0.4 is 4.90 Å². The SMILES string of the molecule is [C-]#[N+]/C(C#N)=C1C=C(/C=C/c2ccc(N(c3ccc4ccccc4c3)c3cccc4ccccc34)cc2)OC(C)C\1. The third kappa shape index (κ3) is 5.33. The molecule has 0 fully saturated rings. The van der Waals surface area contributed by atoms with Crippen LogP contribution in [0.4, 0.5) is 17.1 Å². The zero-order chi connectivity index (χ0) is 28.2. The normalized spacial score (nSPS) is 16.1. The minimum atomic E-state index is -0.0988. The van der Waals surface area contributed by atoms with Crippen LogP contribution in [0.25, 0.3) is 32.5 Å². The van der Waals surface area contributed by atoms with Crippen LogP contribution in [-0.2, 0) is 4.74 Å². The van der Waals surface area contributed by atoms with Gasteiger partial charge in [0, 0.05) is 23.2 Å². The van der Waals surface area contributed by atoms with Crippen LogP contribution in [0.2, 0.25) is 0 Å². The number of hydrogen-bond donors (Lipinski definition) is 0. The lowest BCUT2D eigenvalue weighted by atomic mass is 10.0. The first-order valence-electron chi connectivity index (χ1n) is 13.6. The average molecular weight is 530 g/mol. The molecule has 1 heterocycles. The van der Waals surface area contributed by atoms with Crippen molar-refractivity contribution in [2.75, 3.05) is 4.90 Å². The molecule has 1 unspecified atom stereocenters. The second-order valence-corrected chi connectivity index (χ2v) is 10.1. The van der Waals surface area contributed by atoms with Gasteiger partial charge in [-0.05, 0) is 76.7 Å². The van der Waals surface area contributed by atoms with Crippen molar-refractivity contribution in [2.45, 2.75) is 19.4 Å². The molecule has 6 rings (SSSR count). The van der Waals surface area contributed by atoms with E-state index in [1.807, 2.05) is 25.1 Å². The maximum absolute atomic E-state index is 9.29. The Bertz CT molecular complexity index is 1910. The fraction of sp³-hybridized carbons (Fsp3) is 0.0811. The summed E-state index contributed by atoms with van der Waals surface area (Å²) in [7, 11) is 0. The lowest BCUT2D eigenvalue weighted by Crippen LogP contribution is -2.13. The van der Waals surface area contributed by atoms with Crippen LogP contribution in [0, 0.1) is 17.9 Å². The third-order valence-corrected chi connectivity index (χ3v) is 7.27. The van der Waals surface area contributed by atoms with Gasteiger partial charge in [-0.2, -0.15) is 0 Å². The Labute approximate surface area is 240 Å². The molecule has 0 bridgehead atoms. The van der Waals surface area contributed by atoms with E-state index in [1.165, 1.54) is 21.5 Å². The van der Waals surface area contributed by atoms with Crippen molar-refractivity contribution in [3.63, 3.8) is 0 Å². The minimum absolute atomic E-state index is 0.0988. The Morgan fingerprint density at radius 1 is 0.854 bits per heavy atom. The van der Waals surface area contributed by atoms with E-state index in [1.54, 1.807) is 6.08 Å². The smallest absolute Gasteiger partial charge is 0.265 e. The average Bonchev–Trinajstić information content (AvgIpc) is 3.01. The molecule has 0 radical (unpaired) electrons. The molecule has 4 heteroatoms. The van der Waals surface area contributed by atoms with Gasteiger partial charge in [0.2, 0.25) is 0 Å². The fourth-order valence-electron chi connectivity index (χ4n) is 5.33. The van der Waals surface area contributed by atoms with E-state index in [-0.39, 0.29) is 11.8 Å². The predicted molar refractivity (Wildman–Crippen MR) is 168 cm³/mol. The highest BCUT2D eigenvalue weighted by molar-refractivity contribution is 6.00. The van der Waals surface area contributed by atoms with Crippen LogP contribution in [-0.4, -0.2) is 6.10 Å². The molecule has 0 amide bonds. The number of nitriles is 1. The maximum Gasteiger partial charge on any atom is 0.265 e. The van der Waals surface area contributed by atoms with Crippen molar-refractivity contribution in [1.82, 2.24) is 0 Å². The zero-order valence-corrected chi connectivity index (χ0v) is 22.7. The summed E-state index contributed by atoms with van der Waals surface area (Å²) in [6.45, 7) is 9.23. The summed E-state index contributed by atoms with van der Waals surface area (Å²) in [5.74, 6) is 0.646. The number of allylic oxidation sites excluding steroid dienone is 3. The second kappa shape index (κ2) is 11.3. The quantitative estimate of drug-likeness (QED) is 0.168. The Balaban J connectivity index is 1.38. The van der Waals surface area contributed by atoms with Crippen LogP contribution in [0.1, 0.15) is 18.9 Å². The largest absolute Gasteiger partial charge is 0.490 e. The molecule has 196 valence electrons. The molecule has 0 N–H and O–H groups in total. The standard InChI is InChI=1S/C37H27N3O/c1-26-22-31(36(25-38)39-2)24-34(41-26)21-16-27-14-18-32(19-15-27)40(33-20-17-28-8-3-4-10-30(28)23-33)37-13-7-11-29-9-5-6-12-35(29)37/h3-21,23-24,26H,22H2,1H3/b21-16+,36-31-. The summed E-state index contributed by atoms with van der Waals surface area (Å²) in [5.41, 5.74) is 5.12. The van der Waals surface area contributed by atoms with Crippen molar-refractivity contribution >= 4 is 44.7 Å². The summed E-state index contributed by atoms with van der Waals surface area (Å²) in [6.07, 6.45) is 6.14. The summed E-state index contributed by atoms with van der Waals surface area (Å²) in [4.78, 5) is 5.68.